The number of aromatic nitrogens is 5. The number of nitrogens with zero attached hydrogens (tertiary/aromatic N) is 5. The molecule has 1 saturated heterocycles. The maximum atomic E-state index is 13.1. The second-order valence-corrected chi connectivity index (χ2v) is 9.57. The fourth-order valence-electron chi connectivity index (χ4n) is 5.06. The van der Waals surface area contributed by atoms with Crippen molar-refractivity contribution >= 4 is 29.0 Å². The quantitative estimate of drug-likeness (QED) is 0.455. The van der Waals surface area contributed by atoms with Crippen molar-refractivity contribution in [2.24, 2.45) is 0 Å². The molecule has 3 aromatic heterocycles. The monoisotopic (exact) mass is 450 g/mol. The summed E-state index contributed by atoms with van der Waals surface area (Å²) in [5, 5.41) is 28.5. The van der Waals surface area contributed by atoms with Crippen LogP contribution < -0.4 is 15.5 Å². The van der Waals surface area contributed by atoms with Crippen LogP contribution in [-0.4, -0.2) is 60.5 Å². The molecule has 3 aliphatic rings. The Balaban J connectivity index is 1.23. The van der Waals surface area contributed by atoms with E-state index in [0.29, 0.717) is 17.7 Å². The summed E-state index contributed by atoms with van der Waals surface area (Å²) in [7, 11) is 0. The van der Waals surface area contributed by atoms with Crippen LogP contribution in [0.1, 0.15) is 63.0 Å². The molecule has 2 saturated carbocycles. The number of carbonyl (C=O) groups excluding carboxylic acids is 1. The van der Waals surface area contributed by atoms with Gasteiger partial charge in [-0.05, 0) is 63.5 Å². The van der Waals surface area contributed by atoms with Gasteiger partial charge in [-0.2, -0.15) is 10.1 Å². The van der Waals surface area contributed by atoms with Gasteiger partial charge in [-0.3, -0.25) is 9.89 Å². The predicted octanol–water partition coefficient (Wildman–Crippen LogP) is 2.46. The van der Waals surface area contributed by atoms with Gasteiger partial charge in [0.2, 0.25) is 11.9 Å². The highest BCUT2D eigenvalue weighted by Crippen LogP contribution is 2.39. The van der Waals surface area contributed by atoms with Crippen molar-refractivity contribution in [3.8, 4) is 0 Å². The minimum Gasteiger partial charge on any atom is -0.393 e. The molecule has 33 heavy (non-hydrogen) atoms. The summed E-state index contributed by atoms with van der Waals surface area (Å²) >= 11 is 0. The Morgan fingerprint density at radius 1 is 1.15 bits per heavy atom. The first-order chi connectivity index (χ1) is 16.1. The molecule has 0 aromatic carbocycles. The van der Waals surface area contributed by atoms with E-state index in [4.69, 9.17) is 10.1 Å². The summed E-state index contributed by atoms with van der Waals surface area (Å²) in [6, 6.07) is 5.79. The number of aliphatic hydroxyl groups excluding tert-OH is 1. The molecular weight excluding hydrogens is 420 g/mol. The van der Waals surface area contributed by atoms with Gasteiger partial charge in [0.25, 0.3) is 0 Å². The van der Waals surface area contributed by atoms with Crippen LogP contribution in [0.5, 0.6) is 0 Å². The van der Waals surface area contributed by atoms with Crippen molar-refractivity contribution in [3.05, 3.63) is 30.1 Å². The number of aromatic amines is 1. The second kappa shape index (κ2) is 8.33. The van der Waals surface area contributed by atoms with Gasteiger partial charge in [0.1, 0.15) is 11.6 Å². The predicted molar refractivity (Wildman–Crippen MR) is 124 cm³/mol. The molecule has 10 nitrogen and oxygen atoms in total. The molecule has 1 amide bonds. The fourth-order valence-corrected chi connectivity index (χ4v) is 5.06. The standard InChI is InChI=1S/C23H30N8O2/c32-16-9-7-15(8-10-16)24-22(33)19-4-1-11-30(19)23-26-21(18-3-2-12-31(18)29-23)25-20-13-17(27-28-20)14-5-6-14/h2-3,12-16,19,32H,1,4-11H2,(H,24,33)(H2,25,26,27,28,29)/t15?,16?,19-/m0/s1. The molecule has 4 heterocycles. The summed E-state index contributed by atoms with van der Waals surface area (Å²) in [5.41, 5.74) is 2.01. The third-order valence-electron chi connectivity index (χ3n) is 7.10. The van der Waals surface area contributed by atoms with Crippen molar-refractivity contribution in [3.63, 3.8) is 0 Å². The summed E-state index contributed by atoms with van der Waals surface area (Å²) < 4.78 is 1.80. The van der Waals surface area contributed by atoms with Crippen molar-refractivity contribution in [1.29, 1.82) is 0 Å². The number of hydrogen-bond donors (Lipinski definition) is 4. The Morgan fingerprint density at radius 3 is 2.82 bits per heavy atom. The number of fused-ring (bicyclic) bond motifs is 1. The normalized spacial score (nSPS) is 25.5. The number of carbonyl (C=O) groups is 1. The zero-order valence-electron chi connectivity index (χ0n) is 18.6. The SMILES string of the molecule is O=C(NC1CCC(O)CC1)[C@@H]1CCCN1c1nc(Nc2cc(C3CC3)[nH]n2)c2cccn2n1. The summed E-state index contributed by atoms with van der Waals surface area (Å²) in [6.45, 7) is 0.738. The van der Waals surface area contributed by atoms with Crippen LogP contribution >= 0.6 is 0 Å². The molecule has 6 rings (SSSR count). The zero-order valence-corrected chi connectivity index (χ0v) is 18.6. The van der Waals surface area contributed by atoms with Crippen molar-refractivity contribution in [2.45, 2.75) is 75.5 Å². The molecule has 10 heteroatoms. The highest BCUT2D eigenvalue weighted by atomic mass is 16.3. The molecule has 0 radical (unpaired) electrons. The van der Waals surface area contributed by atoms with Gasteiger partial charge in [-0.1, -0.05) is 0 Å². The number of nitrogens with one attached hydrogen (secondary N) is 3. The first kappa shape index (κ1) is 20.5. The lowest BCUT2D eigenvalue weighted by atomic mass is 9.93. The maximum absolute atomic E-state index is 13.1. The number of amides is 1. The minimum absolute atomic E-state index is 0.0287. The molecule has 1 atom stereocenters. The molecule has 1 aliphatic heterocycles. The van der Waals surface area contributed by atoms with Crippen LogP contribution in [-0.2, 0) is 4.79 Å². The lowest BCUT2D eigenvalue weighted by molar-refractivity contribution is -0.123. The van der Waals surface area contributed by atoms with Crippen LogP contribution in [0.4, 0.5) is 17.6 Å². The van der Waals surface area contributed by atoms with Crippen LogP contribution in [0, 0.1) is 0 Å². The van der Waals surface area contributed by atoms with Gasteiger partial charge in [-0.15, -0.1) is 5.10 Å². The van der Waals surface area contributed by atoms with E-state index in [-0.39, 0.29) is 24.1 Å². The summed E-state index contributed by atoms with van der Waals surface area (Å²) in [5.74, 6) is 2.57. The molecule has 4 N–H and O–H groups in total. The smallest absolute Gasteiger partial charge is 0.246 e. The molecule has 0 unspecified atom stereocenters. The Morgan fingerprint density at radius 2 is 2.00 bits per heavy atom. The van der Waals surface area contributed by atoms with E-state index in [1.54, 1.807) is 4.52 Å². The Kier molecular flexibility index (Phi) is 5.17. The number of hydrogen-bond acceptors (Lipinski definition) is 7. The summed E-state index contributed by atoms with van der Waals surface area (Å²) in [4.78, 5) is 20.0. The van der Waals surface area contributed by atoms with Crippen LogP contribution in [0.15, 0.2) is 24.4 Å². The lowest BCUT2D eigenvalue weighted by Crippen LogP contribution is -2.48. The van der Waals surface area contributed by atoms with E-state index in [1.807, 2.05) is 29.3 Å². The molecule has 3 aromatic rings. The number of rotatable bonds is 6. The third-order valence-corrected chi connectivity index (χ3v) is 7.10. The van der Waals surface area contributed by atoms with Gasteiger partial charge in [0, 0.05) is 36.5 Å². The van der Waals surface area contributed by atoms with Crippen molar-refractivity contribution < 1.29 is 9.90 Å². The van der Waals surface area contributed by atoms with Crippen molar-refractivity contribution in [2.75, 3.05) is 16.8 Å². The average Bonchev–Trinajstić information content (AvgIpc) is 3.20. The van der Waals surface area contributed by atoms with Crippen LogP contribution in [0.2, 0.25) is 0 Å². The van der Waals surface area contributed by atoms with Gasteiger partial charge < -0.3 is 20.6 Å². The van der Waals surface area contributed by atoms with Gasteiger partial charge in [-0.25, -0.2) is 4.52 Å². The number of H-pyrrole nitrogens is 1. The molecule has 3 fully saturated rings. The first-order valence-electron chi connectivity index (χ1n) is 12.1. The van der Waals surface area contributed by atoms with Crippen LogP contribution in [0.25, 0.3) is 5.52 Å². The van der Waals surface area contributed by atoms with Gasteiger partial charge in [0.15, 0.2) is 11.6 Å². The maximum Gasteiger partial charge on any atom is 0.246 e. The number of aliphatic hydroxyl groups is 1. The van der Waals surface area contributed by atoms with Gasteiger partial charge >= 0.3 is 0 Å². The van der Waals surface area contributed by atoms with E-state index in [9.17, 15) is 9.90 Å². The van der Waals surface area contributed by atoms with Crippen LogP contribution in [0.3, 0.4) is 0 Å². The first-order valence-corrected chi connectivity index (χ1v) is 12.1. The van der Waals surface area contributed by atoms with Crippen molar-refractivity contribution in [1.82, 2.24) is 30.1 Å². The zero-order chi connectivity index (χ0) is 22.4. The van der Waals surface area contributed by atoms with E-state index in [1.165, 1.54) is 12.8 Å². The van der Waals surface area contributed by atoms with E-state index >= 15 is 0 Å². The highest BCUT2D eigenvalue weighted by Gasteiger charge is 2.35. The van der Waals surface area contributed by atoms with Gasteiger partial charge in [0.05, 0.1) is 6.10 Å². The molecule has 0 spiro atoms. The molecular formula is C23H30N8O2. The Labute approximate surface area is 191 Å². The third kappa shape index (κ3) is 4.15. The van der Waals surface area contributed by atoms with E-state index < -0.39 is 0 Å². The minimum atomic E-state index is -0.287. The average molecular weight is 451 g/mol. The Bertz CT molecular complexity index is 1140. The number of anilines is 3. The lowest BCUT2D eigenvalue weighted by Gasteiger charge is -2.29. The largest absolute Gasteiger partial charge is 0.393 e. The van der Waals surface area contributed by atoms with E-state index in [0.717, 1.165) is 62.1 Å². The van der Waals surface area contributed by atoms with E-state index in [2.05, 4.69) is 20.8 Å². The Hall–Kier alpha value is -3.14. The molecule has 2 aliphatic carbocycles. The molecule has 174 valence electrons. The summed E-state index contributed by atoms with van der Waals surface area (Å²) in [6.07, 6.45) is 8.92. The molecule has 0 bridgehead atoms. The fraction of sp³-hybridized carbons (Fsp3) is 0.565. The topological polar surface area (TPSA) is 123 Å². The highest BCUT2D eigenvalue weighted by molar-refractivity contribution is 5.85. The second-order valence-electron chi connectivity index (χ2n) is 9.57.